The molecule has 84 valence electrons. The summed E-state index contributed by atoms with van der Waals surface area (Å²) in [5.74, 6) is 0. The molecule has 0 aromatic heterocycles. The SMILES string of the molecule is CC(C)N1CC(Nc2ccccc2)C1.Cl. The quantitative estimate of drug-likeness (QED) is 0.853. The summed E-state index contributed by atoms with van der Waals surface area (Å²) in [6, 6.07) is 11.8. The minimum atomic E-state index is 0. The van der Waals surface area contributed by atoms with E-state index in [-0.39, 0.29) is 12.4 Å². The van der Waals surface area contributed by atoms with Crippen LogP contribution in [0.1, 0.15) is 13.8 Å². The van der Waals surface area contributed by atoms with Gasteiger partial charge in [-0.15, -0.1) is 12.4 Å². The summed E-state index contributed by atoms with van der Waals surface area (Å²) in [7, 11) is 0. The molecule has 0 unspecified atom stereocenters. The summed E-state index contributed by atoms with van der Waals surface area (Å²) in [6.07, 6.45) is 0. The van der Waals surface area contributed by atoms with Crippen molar-refractivity contribution < 1.29 is 0 Å². The molecule has 0 saturated carbocycles. The molecule has 0 atom stereocenters. The Kier molecular flexibility index (Phi) is 4.43. The summed E-state index contributed by atoms with van der Waals surface area (Å²) in [5, 5.41) is 3.52. The van der Waals surface area contributed by atoms with Crippen molar-refractivity contribution in [3.05, 3.63) is 30.3 Å². The molecule has 0 aliphatic carbocycles. The van der Waals surface area contributed by atoms with Crippen molar-refractivity contribution in [3.63, 3.8) is 0 Å². The number of anilines is 1. The molecule has 0 spiro atoms. The van der Waals surface area contributed by atoms with E-state index in [9.17, 15) is 0 Å². The van der Waals surface area contributed by atoms with Gasteiger partial charge in [0.05, 0.1) is 6.04 Å². The second kappa shape index (κ2) is 5.38. The van der Waals surface area contributed by atoms with Crippen LogP contribution in [-0.4, -0.2) is 30.1 Å². The van der Waals surface area contributed by atoms with Gasteiger partial charge < -0.3 is 5.32 Å². The van der Waals surface area contributed by atoms with Gasteiger partial charge in [-0.3, -0.25) is 4.90 Å². The zero-order chi connectivity index (χ0) is 9.97. The molecule has 1 aromatic rings. The van der Waals surface area contributed by atoms with Gasteiger partial charge in [0, 0.05) is 24.8 Å². The van der Waals surface area contributed by atoms with Crippen molar-refractivity contribution in [1.82, 2.24) is 4.90 Å². The van der Waals surface area contributed by atoms with E-state index in [1.165, 1.54) is 18.8 Å². The molecule has 1 aliphatic heterocycles. The molecule has 15 heavy (non-hydrogen) atoms. The van der Waals surface area contributed by atoms with Gasteiger partial charge in [-0.2, -0.15) is 0 Å². The molecule has 2 rings (SSSR count). The van der Waals surface area contributed by atoms with Crippen LogP contribution in [0.5, 0.6) is 0 Å². The lowest BCUT2D eigenvalue weighted by atomic mass is 10.1. The lowest BCUT2D eigenvalue weighted by Crippen LogP contribution is -2.57. The molecule has 0 radical (unpaired) electrons. The Hall–Kier alpha value is -0.730. The fourth-order valence-electron chi connectivity index (χ4n) is 1.80. The fraction of sp³-hybridized carbons (Fsp3) is 0.500. The van der Waals surface area contributed by atoms with E-state index in [1.807, 2.05) is 6.07 Å². The average molecular weight is 227 g/mol. The highest BCUT2D eigenvalue weighted by Gasteiger charge is 2.27. The van der Waals surface area contributed by atoms with Crippen LogP contribution < -0.4 is 5.32 Å². The number of hydrogen-bond donors (Lipinski definition) is 1. The van der Waals surface area contributed by atoms with E-state index in [0.29, 0.717) is 12.1 Å². The van der Waals surface area contributed by atoms with Gasteiger partial charge in [0.25, 0.3) is 0 Å². The smallest absolute Gasteiger partial charge is 0.0515 e. The number of rotatable bonds is 3. The fourth-order valence-corrected chi connectivity index (χ4v) is 1.80. The summed E-state index contributed by atoms with van der Waals surface area (Å²) < 4.78 is 0. The standard InChI is InChI=1S/C12H18N2.ClH/c1-10(2)14-8-12(9-14)13-11-6-4-3-5-7-11;/h3-7,10,12-13H,8-9H2,1-2H3;1H. The van der Waals surface area contributed by atoms with Gasteiger partial charge in [-0.1, -0.05) is 18.2 Å². The Labute approximate surface area is 98.1 Å². The third-order valence-electron chi connectivity index (χ3n) is 2.78. The number of hydrogen-bond acceptors (Lipinski definition) is 2. The molecule has 0 bridgehead atoms. The molecule has 1 N–H and O–H groups in total. The molecule has 0 amide bonds. The van der Waals surface area contributed by atoms with E-state index in [1.54, 1.807) is 0 Å². The average Bonchev–Trinajstić information content (AvgIpc) is 2.12. The van der Waals surface area contributed by atoms with Gasteiger partial charge >= 0.3 is 0 Å². The highest BCUT2D eigenvalue weighted by atomic mass is 35.5. The number of nitrogens with zero attached hydrogens (tertiary/aromatic N) is 1. The number of likely N-dealkylation sites (tertiary alicyclic amines) is 1. The van der Waals surface area contributed by atoms with E-state index < -0.39 is 0 Å². The highest BCUT2D eigenvalue weighted by Crippen LogP contribution is 2.16. The van der Waals surface area contributed by atoms with Crippen LogP contribution in [0, 0.1) is 0 Å². The summed E-state index contributed by atoms with van der Waals surface area (Å²) in [4.78, 5) is 2.47. The Bertz CT molecular complexity index is 281. The first-order valence-electron chi connectivity index (χ1n) is 5.31. The molecular formula is C12H19ClN2. The third kappa shape index (κ3) is 3.11. The van der Waals surface area contributed by atoms with Crippen molar-refractivity contribution in [2.45, 2.75) is 25.9 Å². The number of halogens is 1. The van der Waals surface area contributed by atoms with Crippen molar-refractivity contribution in [1.29, 1.82) is 0 Å². The van der Waals surface area contributed by atoms with Crippen LogP contribution in [0.4, 0.5) is 5.69 Å². The molecule has 1 aliphatic rings. The van der Waals surface area contributed by atoms with Crippen molar-refractivity contribution in [2.75, 3.05) is 18.4 Å². The molecule has 2 nitrogen and oxygen atoms in total. The molecule has 1 saturated heterocycles. The Balaban J connectivity index is 0.00000112. The monoisotopic (exact) mass is 226 g/mol. The predicted molar refractivity (Wildman–Crippen MR) is 67.8 cm³/mol. The first-order valence-corrected chi connectivity index (χ1v) is 5.31. The minimum Gasteiger partial charge on any atom is -0.380 e. The first kappa shape index (κ1) is 12.3. The first-order chi connectivity index (χ1) is 6.75. The van der Waals surface area contributed by atoms with Gasteiger partial charge in [0.15, 0.2) is 0 Å². The van der Waals surface area contributed by atoms with Crippen molar-refractivity contribution in [3.8, 4) is 0 Å². The topological polar surface area (TPSA) is 15.3 Å². The van der Waals surface area contributed by atoms with Crippen molar-refractivity contribution >= 4 is 18.1 Å². The van der Waals surface area contributed by atoms with E-state index in [2.05, 4.69) is 48.3 Å². The Morgan fingerprint density at radius 2 is 1.80 bits per heavy atom. The number of para-hydroxylation sites is 1. The van der Waals surface area contributed by atoms with E-state index in [0.717, 1.165) is 0 Å². The minimum absolute atomic E-state index is 0. The third-order valence-corrected chi connectivity index (χ3v) is 2.78. The largest absolute Gasteiger partial charge is 0.380 e. The summed E-state index contributed by atoms with van der Waals surface area (Å²) in [6.45, 7) is 6.84. The van der Waals surface area contributed by atoms with Gasteiger partial charge in [-0.25, -0.2) is 0 Å². The number of nitrogens with one attached hydrogen (secondary N) is 1. The van der Waals surface area contributed by atoms with Crippen LogP contribution in [0.3, 0.4) is 0 Å². The number of benzene rings is 1. The second-order valence-electron chi connectivity index (χ2n) is 4.25. The lowest BCUT2D eigenvalue weighted by Gasteiger charge is -2.42. The maximum absolute atomic E-state index is 3.52. The maximum atomic E-state index is 3.52. The zero-order valence-electron chi connectivity index (χ0n) is 9.31. The van der Waals surface area contributed by atoms with Crippen molar-refractivity contribution in [2.24, 2.45) is 0 Å². The van der Waals surface area contributed by atoms with E-state index in [4.69, 9.17) is 0 Å². The Morgan fingerprint density at radius 1 is 1.20 bits per heavy atom. The second-order valence-corrected chi connectivity index (χ2v) is 4.25. The molecule has 1 aromatic carbocycles. The molecular weight excluding hydrogens is 208 g/mol. The molecule has 1 heterocycles. The van der Waals surface area contributed by atoms with Gasteiger partial charge in [0.1, 0.15) is 0 Å². The highest BCUT2D eigenvalue weighted by molar-refractivity contribution is 5.85. The van der Waals surface area contributed by atoms with Gasteiger partial charge in [-0.05, 0) is 26.0 Å². The summed E-state index contributed by atoms with van der Waals surface area (Å²) in [5.41, 5.74) is 1.24. The molecule has 3 heteroatoms. The van der Waals surface area contributed by atoms with Gasteiger partial charge in [0.2, 0.25) is 0 Å². The van der Waals surface area contributed by atoms with E-state index >= 15 is 0 Å². The zero-order valence-corrected chi connectivity index (χ0v) is 10.1. The maximum Gasteiger partial charge on any atom is 0.0515 e. The van der Waals surface area contributed by atoms with Crippen LogP contribution >= 0.6 is 12.4 Å². The summed E-state index contributed by atoms with van der Waals surface area (Å²) >= 11 is 0. The van der Waals surface area contributed by atoms with Crippen LogP contribution in [0.25, 0.3) is 0 Å². The van der Waals surface area contributed by atoms with Crippen LogP contribution in [-0.2, 0) is 0 Å². The predicted octanol–water partition coefficient (Wildman–Crippen LogP) is 2.61. The van der Waals surface area contributed by atoms with Crippen LogP contribution in [0.2, 0.25) is 0 Å². The Morgan fingerprint density at radius 3 is 2.33 bits per heavy atom. The lowest BCUT2D eigenvalue weighted by molar-refractivity contribution is 0.122. The molecule has 1 fully saturated rings. The van der Waals surface area contributed by atoms with Crippen LogP contribution in [0.15, 0.2) is 30.3 Å². The normalized spacial score (nSPS) is 17.0.